The van der Waals surface area contributed by atoms with E-state index < -0.39 is 0 Å². The fraction of sp³-hybridized carbons (Fsp3) is 0.545. The highest BCUT2D eigenvalue weighted by Gasteiger charge is 2.49. The van der Waals surface area contributed by atoms with Gasteiger partial charge in [0.2, 0.25) is 0 Å². The summed E-state index contributed by atoms with van der Waals surface area (Å²) in [6, 6.07) is 9.26. The van der Waals surface area contributed by atoms with Gasteiger partial charge in [0.25, 0.3) is 0 Å². The molecule has 5 rings (SSSR count). The van der Waals surface area contributed by atoms with Crippen LogP contribution in [-0.4, -0.2) is 18.0 Å². The third-order valence-electron chi connectivity index (χ3n) is 6.73. The summed E-state index contributed by atoms with van der Waals surface area (Å²) < 4.78 is 0. The summed E-state index contributed by atoms with van der Waals surface area (Å²) in [4.78, 5) is 2.82. The molecule has 1 aliphatic heterocycles. The van der Waals surface area contributed by atoms with Crippen LogP contribution in [0.3, 0.4) is 0 Å². The van der Waals surface area contributed by atoms with E-state index in [2.05, 4.69) is 41.3 Å². The first-order valence-corrected chi connectivity index (χ1v) is 10.0. The van der Waals surface area contributed by atoms with Gasteiger partial charge in [0.1, 0.15) is 0 Å². The van der Waals surface area contributed by atoms with E-state index in [4.69, 9.17) is 11.6 Å². The van der Waals surface area contributed by atoms with Crippen molar-refractivity contribution in [3.63, 3.8) is 0 Å². The lowest BCUT2D eigenvalue weighted by atomic mass is 9.65. The standard InChI is InChI=1S/C22H26ClN/c23-19-6-3-5-17(12-19)22-21-18(14-24(22)13-15-8-9-15)11-10-16-4-1-2-7-20(16)21/h1-6,12,15,18,20-22H,7-11,13-14H2. The third kappa shape index (κ3) is 2.66. The number of fused-ring (bicyclic) bond motifs is 3. The molecule has 2 heteroatoms. The van der Waals surface area contributed by atoms with Crippen LogP contribution in [0, 0.1) is 23.7 Å². The van der Waals surface area contributed by atoms with Gasteiger partial charge in [0, 0.05) is 24.2 Å². The summed E-state index contributed by atoms with van der Waals surface area (Å²) in [6.45, 7) is 2.59. The van der Waals surface area contributed by atoms with Crippen molar-refractivity contribution in [1.29, 1.82) is 0 Å². The molecule has 0 bridgehead atoms. The molecule has 4 aliphatic rings. The van der Waals surface area contributed by atoms with Gasteiger partial charge in [-0.2, -0.15) is 0 Å². The zero-order valence-corrected chi connectivity index (χ0v) is 15.0. The Balaban J connectivity index is 1.52. The molecule has 3 fully saturated rings. The van der Waals surface area contributed by atoms with Gasteiger partial charge in [-0.05, 0) is 73.5 Å². The van der Waals surface area contributed by atoms with Gasteiger partial charge in [0.05, 0.1) is 0 Å². The van der Waals surface area contributed by atoms with Crippen molar-refractivity contribution < 1.29 is 0 Å². The molecule has 0 N–H and O–H groups in total. The Morgan fingerprint density at radius 2 is 2.08 bits per heavy atom. The smallest absolute Gasteiger partial charge is 0.0409 e. The van der Waals surface area contributed by atoms with E-state index in [9.17, 15) is 0 Å². The molecule has 1 nitrogen and oxygen atoms in total. The van der Waals surface area contributed by atoms with Crippen molar-refractivity contribution in [2.24, 2.45) is 23.7 Å². The molecule has 0 amide bonds. The van der Waals surface area contributed by atoms with Crippen LogP contribution in [0.1, 0.15) is 43.7 Å². The summed E-state index contributed by atoms with van der Waals surface area (Å²) in [7, 11) is 0. The predicted octanol–water partition coefficient (Wildman–Crippen LogP) is 5.64. The number of halogens is 1. The van der Waals surface area contributed by atoms with Gasteiger partial charge in [-0.3, -0.25) is 4.90 Å². The van der Waals surface area contributed by atoms with Gasteiger partial charge >= 0.3 is 0 Å². The number of allylic oxidation sites excluding steroid dienone is 4. The van der Waals surface area contributed by atoms with Crippen molar-refractivity contribution in [2.45, 2.75) is 38.1 Å². The second-order valence-corrected chi connectivity index (χ2v) is 8.72. The molecular weight excluding hydrogens is 314 g/mol. The predicted molar refractivity (Wildman–Crippen MR) is 100 cm³/mol. The Morgan fingerprint density at radius 1 is 1.17 bits per heavy atom. The van der Waals surface area contributed by atoms with Gasteiger partial charge in [-0.15, -0.1) is 0 Å². The molecule has 1 aromatic rings. The van der Waals surface area contributed by atoms with E-state index in [1.165, 1.54) is 50.8 Å². The van der Waals surface area contributed by atoms with Crippen molar-refractivity contribution >= 4 is 11.6 Å². The summed E-state index contributed by atoms with van der Waals surface area (Å²) in [5, 5.41) is 0.887. The van der Waals surface area contributed by atoms with Gasteiger partial charge < -0.3 is 0 Å². The van der Waals surface area contributed by atoms with Crippen LogP contribution in [0.5, 0.6) is 0 Å². The van der Waals surface area contributed by atoms with Crippen LogP contribution in [0.2, 0.25) is 5.02 Å². The normalized spacial score (nSPS) is 35.5. The molecule has 1 saturated heterocycles. The molecule has 1 heterocycles. The summed E-state index contributed by atoms with van der Waals surface area (Å²) >= 11 is 6.36. The Labute approximate surface area is 150 Å². The monoisotopic (exact) mass is 339 g/mol. The van der Waals surface area contributed by atoms with Crippen LogP contribution in [0.4, 0.5) is 0 Å². The minimum Gasteiger partial charge on any atom is -0.295 e. The summed E-state index contributed by atoms with van der Waals surface area (Å²) in [5.74, 6) is 3.34. The lowest BCUT2D eigenvalue weighted by molar-refractivity contribution is 0.179. The zero-order chi connectivity index (χ0) is 16.1. The lowest BCUT2D eigenvalue weighted by Crippen LogP contribution is -2.33. The first-order chi connectivity index (χ1) is 11.8. The summed E-state index contributed by atoms with van der Waals surface area (Å²) in [5.41, 5.74) is 3.16. The molecule has 0 radical (unpaired) electrons. The molecule has 1 aromatic carbocycles. The average molecular weight is 340 g/mol. The molecule has 126 valence electrons. The fourth-order valence-corrected chi connectivity index (χ4v) is 5.73. The molecule has 0 spiro atoms. The number of rotatable bonds is 3. The minimum absolute atomic E-state index is 0.564. The zero-order valence-electron chi connectivity index (χ0n) is 14.2. The van der Waals surface area contributed by atoms with Crippen LogP contribution < -0.4 is 0 Å². The van der Waals surface area contributed by atoms with Crippen molar-refractivity contribution in [3.05, 3.63) is 58.7 Å². The van der Waals surface area contributed by atoms with Crippen LogP contribution >= 0.6 is 11.6 Å². The van der Waals surface area contributed by atoms with Crippen LogP contribution in [0.15, 0.2) is 48.1 Å². The van der Waals surface area contributed by atoms with Crippen LogP contribution in [0.25, 0.3) is 0 Å². The molecule has 4 unspecified atom stereocenters. The first kappa shape index (κ1) is 15.2. The highest BCUT2D eigenvalue weighted by molar-refractivity contribution is 6.30. The minimum atomic E-state index is 0.564. The largest absolute Gasteiger partial charge is 0.295 e. The quantitative estimate of drug-likeness (QED) is 0.689. The Morgan fingerprint density at radius 3 is 2.92 bits per heavy atom. The van der Waals surface area contributed by atoms with Crippen molar-refractivity contribution in [2.75, 3.05) is 13.1 Å². The number of hydrogen-bond acceptors (Lipinski definition) is 1. The number of likely N-dealkylation sites (tertiary alicyclic amines) is 1. The second kappa shape index (κ2) is 6.04. The highest BCUT2D eigenvalue weighted by atomic mass is 35.5. The van der Waals surface area contributed by atoms with Gasteiger partial charge in [0.15, 0.2) is 0 Å². The third-order valence-corrected chi connectivity index (χ3v) is 6.97. The Bertz CT molecular complexity index is 687. The van der Waals surface area contributed by atoms with E-state index >= 15 is 0 Å². The van der Waals surface area contributed by atoms with E-state index in [1.807, 2.05) is 6.07 Å². The molecule has 3 aliphatic carbocycles. The Kier molecular flexibility index (Phi) is 3.83. The SMILES string of the molecule is Clc1cccc(C2C3C(CCC4=CC=CCC43)CN2CC2CC2)c1. The van der Waals surface area contributed by atoms with E-state index in [1.54, 1.807) is 5.57 Å². The maximum Gasteiger partial charge on any atom is 0.0409 e. The van der Waals surface area contributed by atoms with Crippen LogP contribution in [-0.2, 0) is 0 Å². The topological polar surface area (TPSA) is 3.24 Å². The number of nitrogens with zero attached hydrogens (tertiary/aromatic N) is 1. The molecular formula is C22H26ClN. The molecule has 0 aromatic heterocycles. The Hall–Kier alpha value is -1.05. The second-order valence-electron chi connectivity index (χ2n) is 8.29. The average Bonchev–Trinajstić information content (AvgIpc) is 3.33. The fourth-order valence-electron chi connectivity index (χ4n) is 5.53. The molecule has 4 atom stereocenters. The lowest BCUT2D eigenvalue weighted by Gasteiger charge is -2.40. The van der Waals surface area contributed by atoms with E-state index in [0.717, 1.165) is 28.7 Å². The van der Waals surface area contributed by atoms with E-state index in [0.29, 0.717) is 6.04 Å². The maximum absolute atomic E-state index is 6.36. The van der Waals surface area contributed by atoms with Gasteiger partial charge in [-0.25, -0.2) is 0 Å². The van der Waals surface area contributed by atoms with E-state index in [-0.39, 0.29) is 0 Å². The van der Waals surface area contributed by atoms with Gasteiger partial charge in [-0.1, -0.05) is 47.5 Å². The van der Waals surface area contributed by atoms with Crippen molar-refractivity contribution in [3.8, 4) is 0 Å². The first-order valence-electron chi connectivity index (χ1n) is 9.64. The highest BCUT2D eigenvalue weighted by Crippen LogP contribution is 2.54. The maximum atomic E-state index is 6.36. The van der Waals surface area contributed by atoms with Crippen molar-refractivity contribution in [1.82, 2.24) is 4.90 Å². The number of benzene rings is 1. The summed E-state index contributed by atoms with van der Waals surface area (Å²) in [6.07, 6.45) is 13.9. The molecule has 24 heavy (non-hydrogen) atoms. The molecule has 2 saturated carbocycles. The number of hydrogen-bond donors (Lipinski definition) is 0.